The molecule has 0 aliphatic heterocycles. The molecule has 26 rings (SSSR count). The van der Waals surface area contributed by atoms with Gasteiger partial charge in [0.05, 0.1) is 61.0 Å². The van der Waals surface area contributed by atoms with Crippen LogP contribution in [-0.4, -0.2) is 46.3 Å². The Bertz CT molecular complexity index is 8340. The zero-order chi connectivity index (χ0) is 88.2. The van der Waals surface area contributed by atoms with Gasteiger partial charge in [-0.05, 0) is 148 Å². The first-order valence-corrected chi connectivity index (χ1v) is 47.8. The van der Waals surface area contributed by atoms with E-state index < -0.39 is 8.07 Å². The van der Waals surface area contributed by atoms with Crippen molar-refractivity contribution < 1.29 is 60.7 Å². The smallest absolute Gasteiger partial charge is 0.868 e. The Labute approximate surface area is 820 Å². The van der Waals surface area contributed by atoms with Crippen molar-refractivity contribution in [3.8, 4) is 84.9 Å². The summed E-state index contributed by atoms with van der Waals surface area (Å²) in [4.78, 5) is 22.5. The Morgan fingerprint density at radius 1 is 0.259 bits per heavy atom. The summed E-state index contributed by atoms with van der Waals surface area (Å²) in [6.07, 6.45) is 3.59. The molecule has 26 aromatic rings. The topological polar surface area (TPSA) is 108 Å². The number of para-hydroxylation sites is 12. The molecule has 0 saturated heterocycles. The van der Waals surface area contributed by atoms with E-state index in [4.69, 9.17) is 15.0 Å². The first kappa shape index (κ1) is 87.0. The monoisotopic (exact) mass is 1750 g/mol. The van der Waals surface area contributed by atoms with Gasteiger partial charge in [0.25, 0.3) is 0 Å². The van der Waals surface area contributed by atoms with Crippen LogP contribution in [0.3, 0.4) is 0 Å². The number of nitrogens with zero attached hydrogens (tertiary/aromatic N) is 8. The van der Waals surface area contributed by atoms with Crippen LogP contribution in [0.25, 0.3) is 210 Å². The minimum absolute atomic E-state index is 0. The number of rotatable bonds is 11. The average molecular weight is 1760 g/mol. The molecular formula is C122H106Li2N9OSi+. The molecule has 7 heterocycles. The molecule has 0 unspecified atom stereocenters. The van der Waals surface area contributed by atoms with E-state index in [-0.39, 0.29) is 63.7 Å². The van der Waals surface area contributed by atoms with Crippen LogP contribution in [-0.2, 0) is 0 Å². The maximum absolute atomic E-state index is 11.1. The summed E-state index contributed by atoms with van der Waals surface area (Å²) < 4.78 is 9.62. The molecule has 0 amide bonds. The molecule has 0 aliphatic rings. The number of aromatic nitrogens is 9. The summed E-state index contributed by atoms with van der Waals surface area (Å²) in [5.41, 5.74) is 23.8. The zero-order valence-corrected chi connectivity index (χ0v) is 76.5. The summed E-state index contributed by atoms with van der Waals surface area (Å²) >= 11 is 0. The van der Waals surface area contributed by atoms with E-state index in [0.29, 0.717) is 23.0 Å². The standard InChI is InChI=1S/C38H24N4.C38H30N2Si.C36H24N2.C9H7NO.CH3.2Li.9H2/c1-3-9-30-23-32(20-14-25(30)7-1)37-40-36(41-38(42-37)33-21-15-26-8-2-4-10-31(26)24-33)29-18-16-27(17-19-29)34-13-5-11-28-12-6-22-39-35(28)34;1-41(2,29-23-19-27(20-24-29)39-35-15-7-3-11-31(35)32-12-4-8-16-36(32)39)30-25-21-28(22-26-30)40-37-17-9-5-13-33(37)34-14-6-10-18-38(34)40;1-7-19-31-25(13-1)26-14-2-8-20-32(26)37(31)35-23-11-5-17-29(35)30-18-6-12-24-36(30)38-33-21-9-3-15-27(33)28-16-4-10-22-34(28)38;11-8-5-1-3-7-4-2-6-10-9(7)8;;;;;;;;;;;;/h1-24H;3-26H,1-2H3;1-24H;1-6,11H;1H3;;;9*1H/q;;;;-1;2*+1;;;;;;;;;. The molecule has 650 valence electrons. The van der Waals surface area contributed by atoms with Crippen LogP contribution in [0.5, 0.6) is 5.75 Å². The van der Waals surface area contributed by atoms with Crippen molar-refractivity contribution in [1.82, 2.24) is 38.2 Å². The third-order valence-electron chi connectivity index (χ3n) is 26.0. The number of pyridine rings is 2. The molecule has 13 heteroatoms. The first-order chi connectivity index (χ1) is 65.2. The van der Waals surface area contributed by atoms with Crippen LogP contribution in [0.2, 0.25) is 13.1 Å². The SMILES string of the molecule is C[Si](C)(c1ccc(-n2c3ccccc3c3ccccc32)cc1)c1ccc(-n2c3ccccc3c3ccccc32)cc1.[CH3-].[HH].[HH].[HH].[HH].[HH].[HH].[HH].[HH].[HH].[Li+].[Li+].[O-]c1cccc2ccc[nH+]c12.c1ccc(-n2c3ccccc3c3ccccc32)c(-c2ccccc2-n2c3ccccc3c3ccccc32)c1.c1ccc2cc(-c3nc(-c4ccc(-c5cccc6cccnc56)cc4)nc(-c4ccc5ccccc5c4)n3)ccc2c1. The number of aromatic amines is 1. The van der Waals surface area contributed by atoms with Crippen molar-refractivity contribution in [1.29, 1.82) is 0 Å². The average Bonchev–Trinajstić information content (AvgIpc) is 1.59. The molecule has 0 atom stereocenters. The van der Waals surface area contributed by atoms with Crippen LogP contribution < -0.4 is 58.2 Å². The second kappa shape index (κ2) is 37.3. The summed E-state index contributed by atoms with van der Waals surface area (Å²) in [5.74, 6) is 1.98. The van der Waals surface area contributed by atoms with E-state index in [1.165, 1.54) is 142 Å². The Balaban J connectivity index is 0.000000188. The van der Waals surface area contributed by atoms with Gasteiger partial charge in [0, 0.05) is 124 Å². The molecular weight excluding hydrogens is 1650 g/mol. The molecule has 0 fully saturated rings. The van der Waals surface area contributed by atoms with Crippen molar-refractivity contribution in [2.45, 2.75) is 13.1 Å². The van der Waals surface area contributed by atoms with Gasteiger partial charge >= 0.3 is 37.7 Å². The van der Waals surface area contributed by atoms with Crippen LogP contribution in [0, 0.1) is 7.43 Å². The van der Waals surface area contributed by atoms with Gasteiger partial charge in [-0.15, -0.1) is 0 Å². The van der Waals surface area contributed by atoms with Crippen LogP contribution in [0.1, 0.15) is 12.8 Å². The number of hydrogen-bond acceptors (Lipinski definition) is 5. The number of fused-ring (bicyclic) bond motifs is 16. The zero-order valence-electron chi connectivity index (χ0n) is 75.5. The summed E-state index contributed by atoms with van der Waals surface area (Å²) in [5, 5.41) is 31.0. The second-order valence-electron chi connectivity index (χ2n) is 34.0. The molecule has 1 N–H and O–H groups in total. The number of hydrogen-bond donors (Lipinski definition) is 0. The summed E-state index contributed by atoms with van der Waals surface area (Å²) in [6.45, 7) is 4.91. The fourth-order valence-corrected chi connectivity index (χ4v) is 21.8. The minimum Gasteiger partial charge on any atom is -0.868 e. The minimum atomic E-state index is -1.90. The number of benzene rings is 19. The van der Waals surface area contributed by atoms with E-state index in [2.05, 4.69) is 466 Å². The van der Waals surface area contributed by atoms with Crippen LogP contribution in [0.4, 0.5) is 0 Å². The van der Waals surface area contributed by atoms with Crippen molar-refractivity contribution in [2.24, 2.45) is 0 Å². The third-order valence-corrected chi connectivity index (χ3v) is 29.5. The van der Waals surface area contributed by atoms with Crippen molar-refractivity contribution in [2.75, 3.05) is 0 Å². The van der Waals surface area contributed by atoms with Gasteiger partial charge in [-0.3, -0.25) is 4.98 Å². The fraction of sp³-hybridized carbons (Fsp3) is 0.0164. The largest absolute Gasteiger partial charge is 1.00 e. The molecule has 0 saturated carbocycles. The van der Waals surface area contributed by atoms with Gasteiger partial charge in [-0.25, -0.2) is 19.9 Å². The molecule has 135 heavy (non-hydrogen) atoms. The quantitative estimate of drug-likeness (QED) is 0.0947. The van der Waals surface area contributed by atoms with E-state index >= 15 is 0 Å². The van der Waals surface area contributed by atoms with Gasteiger partial charge in [-0.2, -0.15) is 0 Å². The first-order valence-electron chi connectivity index (χ1n) is 44.8. The number of nitrogens with one attached hydrogen (secondary N) is 1. The molecule has 7 aromatic heterocycles. The van der Waals surface area contributed by atoms with Gasteiger partial charge in [-0.1, -0.05) is 363 Å². The van der Waals surface area contributed by atoms with Crippen molar-refractivity contribution in [3.63, 3.8) is 0 Å². The van der Waals surface area contributed by atoms with Crippen molar-refractivity contribution in [3.05, 3.63) is 481 Å². The normalized spacial score (nSPS) is 11.3. The maximum atomic E-state index is 11.1. The maximum Gasteiger partial charge on any atom is 1.00 e. The molecule has 0 aliphatic carbocycles. The van der Waals surface area contributed by atoms with Crippen molar-refractivity contribution >= 4 is 149 Å². The molecule has 0 bridgehead atoms. The Morgan fingerprint density at radius 3 is 0.970 bits per heavy atom. The predicted molar refractivity (Wildman–Crippen MR) is 576 cm³/mol. The number of H-pyrrole nitrogens is 1. The third kappa shape index (κ3) is 16.1. The van der Waals surface area contributed by atoms with Gasteiger partial charge in [0.1, 0.15) is 8.07 Å². The van der Waals surface area contributed by atoms with Gasteiger partial charge < -0.3 is 30.8 Å². The molecule has 19 aromatic carbocycles. The van der Waals surface area contributed by atoms with E-state index in [9.17, 15) is 5.11 Å². The summed E-state index contributed by atoms with van der Waals surface area (Å²) in [6, 6.07) is 163. The summed E-state index contributed by atoms with van der Waals surface area (Å²) in [7, 11) is -1.90. The van der Waals surface area contributed by atoms with E-state index in [1.54, 1.807) is 18.3 Å². The Morgan fingerprint density at radius 2 is 0.563 bits per heavy atom. The Hall–Kier alpha value is -16.1. The van der Waals surface area contributed by atoms with Crippen LogP contribution in [0.15, 0.2) is 473 Å². The van der Waals surface area contributed by atoms with Crippen LogP contribution >= 0.6 is 0 Å². The molecule has 0 spiro atoms. The molecule has 10 nitrogen and oxygen atoms in total. The predicted octanol–water partition coefficient (Wildman–Crippen LogP) is 25.0. The van der Waals surface area contributed by atoms with Gasteiger partial charge in [0.15, 0.2) is 23.7 Å². The second-order valence-corrected chi connectivity index (χ2v) is 38.4. The van der Waals surface area contributed by atoms with Gasteiger partial charge in [0.2, 0.25) is 5.52 Å². The molecule has 0 radical (unpaired) electrons. The van der Waals surface area contributed by atoms with E-state index in [1.807, 2.05) is 30.5 Å². The van der Waals surface area contributed by atoms with E-state index in [0.717, 1.165) is 54.9 Å². The Kier molecular flexibility index (Phi) is 24.0. The fourth-order valence-electron chi connectivity index (χ4n) is 19.5.